The van der Waals surface area contributed by atoms with Crippen LogP contribution in [0.5, 0.6) is 0 Å². The molecule has 2 N–H and O–H groups in total. The second kappa shape index (κ2) is 7.14. The molecule has 2 heterocycles. The Morgan fingerprint density at radius 3 is 1.45 bits per heavy atom. The quantitative estimate of drug-likeness (QED) is 0.688. The average molecular weight is 286 g/mol. The second-order valence-electron chi connectivity index (χ2n) is 4.90. The van der Waals surface area contributed by atoms with Crippen LogP contribution in [0.15, 0.2) is 85.2 Å². The van der Waals surface area contributed by atoms with Crippen molar-refractivity contribution in [2.75, 3.05) is 10.6 Å². The zero-order valence-electron chi connectivity index (χ0n) is 12.2. The van der Waals surface area contributed by atoms with Gasteiger partial charge in [0.15, 0.2) is 0 Å². The Morgan fingerprint density at radius 2 is 0.955 bits per heavy atom. The summed E-state index contributed by atoms with van der Waals surface area (Å²) in [4.78, 5) is 0. The highest BCUT2D eigenvalue weighted by atomic mass is 14.8. The Labute approximate surface area is 131 Å². The Hall–Kier alpha value is -3.00. The van der Waals surface area contributed by atoms with Crippen molar-refractivity contribution in [3.63, 3.8) is 0 Å². The van der Waals surface area contributed by atoms with Crippen molar-refractivity contribution < 1.29 is 0 Å². The van der Waals surface area contributed by atoms with Crippen molar-refractivity contribution in [3.8, 4) is 0 Å². The molecule has 0 unspecified atom stereocenters. The fraction of sp³-hybridized carbons (Fsp3) is 0. The van der Waals surface area contributed by atoms with Gasteiger partial charge in [0.1, 0.15) is 0 Å². The lowest BCUT2D eigenvalue weighted by molar-refractivity contribution is 1.57. The number of anilines is 2. The third kappa shape index (κ3) is 3.55. The molecule has 2 aromatic rings. The van der Waals surface area contributed by atoms with Crippen LogP contribution in [0.3, 0.4) is 0 Å². The van der Waals surface area contributed by atoms with E-state index in [1.165, 1.54) is 11.1 Å². The van der Waals surface area contributed by atoms with Crippen molar-refractivity contribution >= 4 is 23.5 Å². The molecule has 2 aliphatic rings. The largest absolute Gasteiger partial charge is 0.361 e. The summed E-state index contributed by atoms with van der Waals surface area (Å²) in [6, 6.07) is 16.4. The van der Waals surface area contributed by atoms with Gasteiger partial charge in [-0.2, -0.15) is 0 Å². The second-order valence-corrected chi connectivity index (χ2v) is 4.90. The van der Waals surface area contributed by atoms with Crippen LogP contribution in [-0.4, -0.2) is 0 Å². The first-order valence-corrected chi connectivity index (χ1v) is 7.31. The summed E-state index contributed by atoms with van der Waals surface area (Å²) in [7, 11) is 0. The predicted molar refractivity (Wildman–Crippen MR) is 96.5 cm³/mol. The average Bonchev–Trinajstić information content (AvgIpc) is 2.95. The van der Waals surface area contributed by atoms with Crippen molar-refractivity contribution in [2.24, 2.45) is 0 Å². The predicted octanol–water partition coefficient (Wildman–Crippen LogP) is 5.28. The zero-order chi connectivity index (χ0) is 15.0. The molecule has 0 saturated carbocycles. The van der Waals surface area contributed by atoms with E-state index in [2.05, 4.69) is 47.1 Å². The molecule has 0 amide bonds. The van der Waals surface area contributed by atoms with E-state index in [9.17, 15) is 0 Å². The normalized spacial score (nSPS) is 13.5. The number of benzene rings is 2. The first-order chi connectivity index (χ1) is 10.9. The molecule has 2 nitrogen and oxygen atoms in total. The van der Waals surface area contributed by atoms with E-state index in [-0.39, 0.29) is 0 Å². The Bertz CT molecular complexity index is 686. The van der Waals surface area contributed by atoms with Crippen LogP contribution in [0.2, 0.25) is 0 Å². The van der Waals surface area contributed by atoms with Gasteiger partial charge in [-0.25, -0.2) is 0 Å². The van der Waals surface area contributed by atoms with E-state index in [4.69, 9.17) is 0 Å². The maximum atomic E-state index is 3.18. The first kappa shape index (κ1) is 14.0. The molecule has 22 heavy (non-hydrogen) atoms. The molecule has 4 rings (SSSR count). The highest BCUT2D eigenvalue weighted by Gasteiger charge is 1.96. The van der Waals surface area contributed by atoms with E-state index >= 15 is 0 Å². The molecule has 0 bridgehead atoms. The number of hydrogen-bond acceptors (Lipinski definition) is 2. The van der Waals surface area contributed by atoms with Crippen LogP contribution in [0.4, 0.5) is 11.4 Å². The van der Waals surface area contributed by atoms with Gasteiger partial charge in [0.05, 0.1) is 0 Å². The van der Waals surface area contributed by atoms with Crippen LogP contribution in [-0.2, 0) is 0 Å². The lowest BCUT2D eigenvalue weighted by atomic mass is 10.2. The minimum Gasteiger partial charge on any atom is -0.361 e. The Balaban J connectivity index is 0.000000131. The fourth-order valence-corrected chi connectivity index (χ4v) is 2.25. The summed E-state index contributed by atoms with van der Waals surface area (Å²) in [5, 5.41) is 6.36. The van der Waals surface area contributed by atoms with Crippen molar-refractivity contribution in [2.45, 2.75) is 0 Å². The van der Waals surface area contributed by atoms with Gasteiger partial charge >= 0.3 is 0 Å². The summed E-state index contributed by atoms with van der Waals surface area (Å²) in [6.45, 7) is 0. The number of para-hydroxylation sites is 2. The molecule has 2 aromatic carbocycles. The van der Waals surface area contributed by atoms with Gasteiger partial charge in [-0.05, 0) is 35.4 Å². The molecular formula is C20H18N2. The summed E-state index contributed by atoms with van der Waals surface area (Å²) >= 11 is 0. The highest BCUT2D eigenvalue weighted by molar-refractivity contribution is 5.70. The van der Waals surface area contributed by atoms with Crippen LogP contribution >= 0.6 is 0 Å². The number of rotatable bonds is 0. The summed E-state index contributed by atoms with van der Waals surface area (Å²) in [5.74, 6) is 0. The topological polar surface area (TPSA) is 24.1 Å². The molecule has 0 fully saturated rings. The highest BCUT2D eigenvalue weighted by Crippen LogP contribution is 2.18. The molecule has 108 valence electrons. The number of allylic oxidation sites excluding steroid dienone is 4. The standard InChI is InChI=1S/2C10H9N/c2*1-2-7-10-9(5-1)6-3-4-8-11-10/h2*1-8,11H. The van der Waals surface area contributed by atoms with E-state index in [1.807, 2.05) is 61.0 Å². The van der Waals surface area contributed by atoms with Gasteiger partial charge in [-0.1, -0.05) is 60.7 Å². The van der Waals surface area contributed by atoms with Crippen LogP contribution in [0.1, 0.15) is 11.1 Å². The molecule has 2 aliphatic heterocycles. The van der Waals surface area contributed by atoms with Gasteiger partial charge in [0, 0.05) is 23.8 Å². The van der Waals surface area contributed by atoms with Crippen molar-refractivity contribution in [1.82, 2.24) is 0 Å². The summed E-state index contributed by atoms with van der Waals surface area (Å²) in [5.41, 5.74) is 4.80. The summed E-state index contributed by atoms with van der Waals surface area (Å²) in [6.07, 6.45) is 16.1. The first-order valence-electron chi connectivity index (χ1n) is 7.31. The molecule has 0 atom stereocenters. The minimum atomic E-state index is 1.16. The molecule has 0 spiro atoms. The van der Waals surface area contributed by atoms with Gasteiger partial charge in [0.2, 0.25) is 0 Å². The smallest absolute Gasteiger partial charge is 0.0453 e. The van der Waals surface area contributed by atoms with Gasteiger partial charge in [-0.15, -0.1) is 0 Å². The minimum absolute atomic E-state index is 1.16. The maximum absolute atomic E-state index is 3.18. The van der Waals surface area contributed by atoms with Crippen molar-refractivity contribution in [1.29, 1.82) is 0 Å². The molecule has 0 saturated heterocycles. The van der Waals surface area contributed by atoms with Crippen LogP contribution < -0.4 is 10.6 Å². The fourth-order valence-electron chi connectivity index (χ4n) is 2.25. The third-order valence-corrected chi connectivity index (χ3v) is 3.37. The van der Waals surface area contributed by atoms with Crippen LogP contribution in [0, 0.1) is 0 Å². The molecule has 0 aromatic heterocycles. The Morgan fingerprint density at radius 1 is 0.500 bits per heavy atom. The van der Waals surface area contributed by atoms with E-state index in [1.54, 1.807) is 0 Å². The lowest BCUT2D eigenvalue weighted by Gasteiger charge is -2.01. The van der Waals surface area contributed by atoms with Crippen molar-refractivity contribution in [3.05, 3.63) is 96.4 Å². The zero-order valence-corrected chi connectivity index (χ0v) is 12.2. The van der Waals surface area contributed by atoms with Crippen LogP contribution in [0.25, 0.3) is 12.2 Å². The monoisotopic (exact) mass is 286 g/mol. The van der Waals surface area contributed by atoms with E-state index in [0.717, 1.165) is 11.4 Å². The molecule has 0 aliphatic carbocycles. The third-order valence-electron chi connectivity index (χ3n) is 3.37. The molecule has 2 heteroatoms. The van der Waals surface area contributed by atoms with E-state index < -0.39 is 0 Å². The maximum Gasteiger partial charge on any atom is 0.0453 e. The Kier molecular flexibility index (Phi) is 4.53. The SMILES string of the molecule is C1=CNc2ccccc2C=C1.C1=CNc2ccccc2C=C1. The lowest BCUT2D eigenvalue weighted by Crippen LogP contribution is -1.87. The van der Waals surface area contributed by atoms with Gasteiger partial charge < -0.3 is 10.6 Å². The molecular weight excluding hydrogens is 268 g/mol. The summed E-state index contributed by atoms with van der Waals surface area (Å²) < 4.78 is 0. The van der Waals surface area contributed by atoms with Gasteiger partial charge in [0.25, 0.3) is 0 Å². The molecule has 0 radical (unpaired) electrons. The number of hydrogen-bond donors (Lipinski definition) is 2. The van der Waals surface area contributed by atoms with E-state index in [0.29, 0.717) is 0 Å². The number of fused-ring (bicyclic) bond motifs is 2. The number of nitrogens with one attached hydrogen (secondary N) is 2. The van der Waals surface area contributed by atoms with Gasteiger partial charge in [-0.3, -0.25) is 0 Å².